The zero-order valence-corrected chi connectivity index (χ0v) is 18.4. The van der Waals surface area contributed by atoms with Gasteiger partial charge in [-0.3, -0.25) is 0 Å². The van der Waals surface area contributed by atoms with Gasteiger partial charge in [0.2, 0.25) is 0 Å². The third kappa shape index (κ3) is 6.55. The van der Waals surface area contributed by atoms with Gasteiger partial charge in [0.25, 0.3) is 0 Å². The normalized spacial score (nSPS) is 14.5. The molecule has 0 bridgehead atoms. The van der Waals surface area contributed by atoms with E-state index in [0.29, 0.717) is 12.8 Å². The summed E-state index contributed by atoms with van der Waals surface area (Å²) in [6.07, 6.45) is 0.805. The summed E-state index contributed by atoms with van der Waals surface area (Å²) in [5.41, 5.74) is 0.591. The molecule has 2 aromatic rings. The fourth-order valence-corrected chi connectivity index (χ4v) is 3.71. The van der Waals surface area contributed by atoms with Crippen LogP contribution in [0.3, 0.4) is 0 Å². The summed E-state index contributed by atoms with van der Waals surface area (Å²) in [7, 11) is 0. The number of halogens is 3. The molecule has 1 heterocycles. The standard InChI is InChI=1S/C23H27ClF2N2O3/c1-15(2)31-19-5-3-16(4-6-19)14-30-23(29)28(18-7-9-27-10-8-18)13-20-21(25)11-17(24)12-22(20)26/h3-6,11-12,15,18,27H,7-10,13-14H2,1-2H3. The molecule has 2 aromatic carbocycles. The first-order chi connectivity index (χ1) is 14.8. The van der Waals surface area contributed by atoms with E-state index in [0.717, 1.165) is 36.5 Å². The van der Waals surface area contributed by atoms with E-state index >= 15 is 0 Å². The van der Waals surface area contributed by atoms with Crippen molar-refractivity contribution in [3.8, 4) is 5.75 Å². The van der Waals surface area contributed by atoms with Crippen LogP contribution in [0.2, 0.25) is 5.02 Å². The number of hydrogen-bond acceptors (Lipinski definition) is 4. The van der Waals surface area contributed by atoms with E-state index in [-0.39, 0.29) is 35.9 Å². The first kappa shape index (κ1) is 23.3. The van der Waals surface area contributed by atoms with Crippen LogP contribution >= 0.6 is 11.6 Å². The topological polar surface area (TPSA) is 50.8 Å². The van der Waals surface area contributed by atoms with Crippen LogP contribution in [0.25, 0.3) is 0 Å². The summed E-state index contributed by atoms with van der Waals surface area (Å²) in [5, 5.41) is 3.19. The summed E-state index contributed by atoms with van der Waals surface area (Å²) in [5.74, 6) is -0.829. The van der Waals surface area contributed by atoms with Gasteiger partial charge in [-0.1, -0.05) is 23.7 Å². The van der Waals surface area contributed by atoms with E-state index in [4.69, 9.17) is 21.1 Å². The summed E-state index contributed by atoms with van der Waals surface area (Å²) in [6.45, 7) is 5.15. The fourth-order valence-electron chi connectivity index (χ4n) is 3.52. The van der Waals surface area contributed by atoms with E-state index in [1.807, 2.05) is 38.1 Å². The molecule has 1 aliphatic rings. The number of carbonyl (C=O) groups is 1. The highest BCUT2D eigenvalue weighted by atomic mass is 35.5. The van der Waals surface area contributed by atoms with Crippen molar-refractivity contribution in [2.45, 2.75) is 52.0 Å². The molecule has 0 radical (unpaired) electrons. The predicted octanol–water partition coefficient (Wildman–Crippen LogP) is 5.30. The number of hydrogen-bond donors (Lipinski definition) is 1. The summed E-state index contributed by atoms with van der Waals surface area (Å²) < 4.78 is 39.8. The number of nitrogens with zero attached hydrogens (tertiary/aromatic N) is 1. The van der Waals surface area contributed by atoms with Crippen LogP contribution in [0, 0.1) is 11.6 Å². The second-order valence-electron chi connectivity index (χ2n) is 7.82. The van der Waals surface area contributed by atoms with E-state index in [2.05, 4.69) is 5.32 Å². The van der Waals surface area contributed by atoms with E-state index in [1.54, 1.807) is 0 Å². The number of amides is 1. The number of rotatable bonds is 7. The maximum absolute atomic E-state index is 14.4. The quantitative estimate of drug-likeness (QED) is 0.619. The van der Waals surface area contributed by atoms with Gasteiger partial charge in [-0.05, 0) is 69.6 Å². The SMILES string of the molecule is CC(C)Oc1ccc(COC(=O)N(Cc2c(F)cc(Cl)cc2F)C2CCNCC2)cc1. The van der Waals surface area contributed by atoms with Crippen LogP contribution in [-0.4, -0.2) is 36.2 Å². The van der Waals surface area contributed by atoms with Crippen molar-refractivity contribution < 1.29 is 23.0 Å². The fraction of sp³-hybridized carbons (Fsp3) is 0.435. The number of piperidine rings is 1. The maximum Gasteiger partial charge on any atom is 0.410 e. The van der Waals surface area contributed by atoms with Crippen molar-refractivity contribution in [1.82, 2.24) is 10.2 Å². The lowest BCUT2D eigenvalue weighted by atomic mass is 10.0. The minimum atomic E-state index is -0.780. The predicted molar refractivity (Wildman–Crippen MR) is 115 cm³/mol. The van der Waals surface area contributed by atoms with E-state index in [9.17, 15) is 13.6 Å². The third-order valence-electron chi connectivity index (χ3n) is 5.08. The molecular weight excluding hydrogens is 426 g/mol. The average Bonchev–Trinajstić information content (AvgIpc) is 2.73. The molecule has 1 aliphatic heterocycles. The Balaban J connectivity index is 1.71. The Morgan fingerprint density at radius 2 is 1.77 bits per heavy atom. The molecule has 0 unspecified atom stereocenters. The molecule has 168 valence electrons. The van der Waals surface area contributed by atoms with Crippen LogP contribution in [0.1, 0.15) is 37.8 Å². The molecular formula is C23H27ClF2N2O3. The molecule has 1 fully saturated rings. The molecule has 0 saturated carbocycles. The van der Waals surface area contributed by atoms with Gasteiger partial charge in [0, 0.05) is 16.6 Å². The molecule has 0 aromatic heterocycles. The molecule has 0 spiro atoms. The lowest BCUT2D eigenvalue weighted by Crippen LogP contribution is -2.46. The van der Waals surface area contributed by atoms with E-state index in [1.165, 1.54) is 4.90 Å². The highest BCUT2D eigenvalue weighted by molar-refractivity contribution is 6.30. The molecule has 1 saturated heterocycles. The smallest absolute Gasteiger partial charge is 0.410 e. The van der Waals surface area contributed by atoms with Crippen LogP contribution in [0.4, 0.5) is 13.6 Å². The molecule has 31 heavy (non-hydrogen) atoms. The van der Waals surface area contributed by atoms with Gasteiger partial charge in [-0.2, -0.15) is 0 Å². The van der Waals surface area contributed by atoms with E-state index < -0.39 is 17.7 Å². The largest absolute Gasteiger partial charge is 0.491 e. The van der Waals surface area contributed by atoms with Crippen molar-refractivity contribution in [2.75, 3.05) is 13.1 Å². The number of ether oxygens (including phenoxy) is 2. The van der Waals surface area contributed by atoms with Gasteiger partial charge >= 0.3 is 6.09 Å². The number of carbonyl (C=O) groups excluding carboxylic acids is 1. The van der Waals surface area contributed by atoms with Gasteiger partial charge in [0.15, 0.2) is 0 Å². The molecule has 1 N–H and O–H groups in total. The van der Waals surface area contributed by atoms with Crippen LogP contribution in [0.5, 0.6) is 5.75 Å². The Bertz CT molecular complexity index is 864. The van der Waals surface area contributed by atoms with Gasteiger partial charge in [0.05, 0.1) is 12.6 Å². The Morgan fingerprint density at radius 1 is 1.16 bits per heavy atom. The zero-order valence-electron chi connectivity index (χ0n) is 17.7. The molecule has 0 aliphatic carbocycles. The van der Waals surface area contributed by atoms with Gasteiger partial charge in [-0.25, -0.2) is 13.6 Å². The van der Waals surface area contributed by atoms with Crippen LogP contribution in [-0.2, 0) is 17.9 Å². The highest BCUT2D eigenvalue weighted by Gasteiger charge is 2.29. The van der Waals surface area contributed by atoms with Gasteiger partial charge < -0.3 is 19.7 Å². The number of nitrogens with one attached hydrogen (secondary N) is 1. The minimum absolute atomic E-state index is 0.0281. The lowest BCUT2D eigenvalue weighted by Gasteiger charge is -2.34. The van der Waals surface area contributed by atoms with Gasteiger partial charge in [0.1, 0.15) is 24.0 Å². The van der Waals surface area contributed by atoms with Gasteiger partial charge in [-0.15, -0.1) is 0 Å². The van der Waals surface area contributed by atoms with Crippen molar-refractivity contribution >= 4 is 17.7 Å². The molecule has 3 rings (SSSR count). The van der Waals surface area contributed by atoms with Crippen molar-refractivity contribution in [2.24, 2.45) is 0 Å². The Hall–Kier alpha value is -2.38. The minimum Gasteiger partial charge on any atom is -0.491 e. The van der Waals surface area contributed by atoms with Crippen LogP contribution in [0.15, 0.2) is 36.4 Å². The van der Waals surface area contributed by atoms with Crippen LogP contribution < -0.4 is 10.1 Å². The first-order valence-corrected chi connectivity index (χ1v) is 10.7. The third-order valence-corrected chi connectivity index (χ3v) is 5.29. The summed E-state index contributed by atoms with van der Waals surface area (Å²) >= 11 is 5.72. The first-order valence-electron chi connectivity index (χ1n) is 10.4. The number of benzene rings is 2. The second-order valence-corrected chi connectivity index (χ2v) is 8.26. The Labute approximate surface area is 186 Å². The average molecular weight is 453 g/mol. The zero-order chi connectivity index (χ0) is 22.4. The Morgan fingerprint density at radius 3 is 2.35 bits per heavy atom. The van der Waals surface area contributed by atoms with Crippen molar-refractivity contribution in [3.05, 3.63) is 64.2 Å². The second kappa shape index (κ2) is 10.8. The Kier molecular flexibility index (Phi) is 8.09. The highest BCUT2D eigenvalue weighted by Crippen LogP contribution is 2.24. The monoisotopic (exact) mass is 452 g/mol. The van der Waals surface area contributed by atoms with Crippen molar-refractivity contribution in [1.29, 1.82) is 0 Å². The molecule has 8 heteroatoms. The lowest BCUT2D eigenvalue weighted by molar-refractivity contribution is 0.0690. The van der Waals surface area contributed by atoms with Crippen molar-refractivity contribution in [3.63, 3.8) is 0 Å². The molecule has 0 atom stereocenters. The summed E-state index contributed by atoms with van der Waals surface area (Å²) in [6, 6.07) is 9.18. The molecule has 1 amide bonds. The molecule has 5 nitrogen and oxygen atoms in total. The summed E-state index contributed by atoms with van der Waals surface area (Å²) in [4.78, 5) is 14.3. The maximum atomic E-state index is 14.4.